The SMILES string of the molecule is CC(CN=[N+]=[N-])C(=O)OCc1ccccc1. The Morgan fingerprint density at radius 2 is 2.19 bits per heavy atom. The van der Waals surface area contributed by atoms with Crippen molar-refractivity contribution in [2.75, 3.05) is 6.54 Å². The lowest BCUT2D eigenvalue weighted by Crippen LogP contribution is -2.17. The van der Waals surface area contributed by atoms with Gasteiger partial charge in [0, 0.05) is 11.5 Å². The van der Waals surface area contributed by atoms with Crippen molar-refractivity contribution in [1.82, 2.24) is 0 Å². The van der Waals surface area contributed by atoms with Gasteiger partial charge in [0.25, 0.3) is 0 Å². The molecule has 0 heterocycles. The predicted molar refractivity (Wildman–Crippen MR) is 59.4 cm³/mol. The van der Waals surface area contributed by atoms with E-state index in [1.54, 1.807) is 6.92 Å². The van der Waals surface area contributed by atoms with Crippen LogP contribution in [0, 0.1) is 5.92 Å². The molecule has 1 unspecified atom stereocenters. The molecular weight excluding hydrogens is 206 g/mol. The Bertz CT molecular complexity index is 385. The molecule has 1 rings (SSSR count). The lowest BCUT2D eigenvalue weighted by Gasteiger charge is -2.08. The monoisotopic (exact) mass is 219 g/mol. The van der Waals surface area contributed by atoms with Crippen LogP contribution in [-0.4, -0.2) is 12.5 Å². The van der Waals surface area contributed by atoms with Crippen LogP contribution in [0.1, 0.15) is 12.5 Å². The van der Waals surface area contributed by atoms with Gasteiger partial charge in [-0.2, -0.15) is 0 Å². The maximum Gasteiger partial charge on any atom is 0.309 e. The fraction of sp³-hybridized carbons (Fsp3) is 0.364. The Kier molecular flexibility index (Phi) is 4.89. The zero-order valence-corrected chi connectivity index (χ0v) is 9.04. The quantitative estimate of drug-likeness (QED) is 0.330. The van der Waals surface area contributed by atoms with Crippen LogP contribution in [0.3, 0.4) is 0 Å². The Balaban J connectivity index is 2.38. The van der Waals surface area contributed by atoms with E-state index in [1.807, 2.05) is 30.3 Å². The molecule has 0 aliphatic heterocycles. The van der Waals surface area contributed by atoms with E-state index >= 15 is 0 Å². The number of rotatable bonds is 5. The predicted octanol–water partition coefficient (Wildman–Crippen LogP) is 2.68. The molecule has 1 atom stereocenters. The number of hydrogen-bond acceptors (Lipinski definition) is 3. The molecule has 5 heteroatoms. The topological polar surface area (TPSA) is 75.1 Å². The third-order valence-corrected chi connectivity index (χ3v) is 2.05. The number of hydrogen-bond donors (Lipinski definition) is 0. The summed E-state index contributed by atoms with van der Waals surface area (Å²) in [6.07, 6.45) is 0. The molecule has 0 aromatic heterocycles. The van der Waals surface area contributed by atoms with Crippen LogP contribution in [0.5, 0.6) is 0 Å². The van der Waals surface area contributed by atoms with Gasteiger partial charge < -0.3 is 4.74 Å². The minimum absolute atomic E-state index is 0.129. The molecule has 0 amide bonds. The second-order valence-electron chi connectivity index (χ2n) is 3.41. The molecule has 0 saturated heterocycles. The highest BCUT2D eigenvalue weighted by Gasteiger charge is 2.13. The highest BCUT2D eigenvalue weighted by Crippen LogP contribution is 2.05. The normalized spacial score (nSPS) is 11.3. The molecule has 0 bridgehead atoms. The molecular formula is C11H13N3O2. The van der Waals surface area contributed by atoms with E-state index in [-0.39, 0.29) is 19.1 Å². The average molecular weight is 219 g/mol. The largest absolute Gasteiger partial charge is 0.461 e. The van der Waals surface area contributed by atoms with E-state index in [9.17, 15) is 4.79 Å². The lowest BCUT2D eigenvalue weighted by molar-refractivity contribution is -0.148. The van der Waals surface area contributed by atoms with Gasteiger partial charge in [-0.1, -0.05) is 42.4 Å². The standard InChI is InChI=1S/C11H13N3O2/c1-9(7-13-14-12)11(15)16-8-10-5-3-2-4-6-10/h2-6,9H,7-8H2,1H3. The number of carbonyl (C=O) groups excluding carboxylic acids is 1. The average Bonchev–Trinajstić information content (AvgIpc) is 2.34. The Hall–Kier alpha value is -2.00. The fourth-order valence-electron chi connectivity index (χ4n) is 1.10. The molecule has 0 aliphatic carbocycles. The second kappa shape index (κ2) is 6.48. The second-order valence-corrected chi connectivity index (χ2v) is 3.41. The van der Waals surface area contributed by atoms with Gasteiger partial charge >= 0.3 is 5.97 Å². The van der Waals surface area contributed by atoms with Crippen molar-refractivity contribution in [1.29, 1.82) is 0 Å². The summed E-state index contributed by atoms with van der Waals surface area (Å²) in [5, 5.41) is 3.33. The van der Waals surface area contributed by atoms with Crippen LogP contribution in [0.4, 0.5) is 0 Å². The summed E-state index contributed by atoms with van der Waals surface area (Å²) in [5.74, 6) is -0.754. The third kappa shape index (κ3) is 4.02. The molecule has 1 aromatic carbocycles. The van der Waals surface area contributed by atoms with Crippen molar-refractivity contribution in [3.63, 3.8) is 0 Å². The first-order valence-electron chi connectivity index (χ1n) is 4.95. The molecule has 16 heavy (non-hydrogen) atoms. The summed E-state index contributed by atoms with van der Waals surface area (Å²) in [5.41, 5.74) is 9.05. The number of esters is 1. The molecule has 0 radical (unpaired) electrons. The Labute approximate surface area is 93.7 Å². The van der Waals surface area contributed by atoms with E-state index in [1.165, 1.54) is 0 Å². The van der Waals surface area contributed by atoms with Crippen molar-refractivity contribution >= 4 is 5.97 Å². The van der Waals surface area contributed by atoms with Gasteiger partial charge in [-0.05, 0) is 11.1 Å². The molecule has 0 fully saturated rings. The third-order valence-electron chi connectivity index (χ3n) is 2.05. The minimum atomic E-state index is -0.403. The van der Waals surface area contributed by atoms with E-state index in [2.05, 4.69) is 10.0 Å². The van der Waals surface area contributed by atoms with Crippen molar-refractivity contribution in [3.8, 4) is 0 Å². The molecule has 1 aromatic rings. The minimum Gasteiger partial charge on any atom is -0.461 e. The number of ether oxygens (including phenoxy) is 1. The fourth-order valence-corrected chi connectivity index (χ4v) is 1.10. The lowest BCUT2D eigenvalue weighted by atomic mass is 10.2. The summed E-state index contributed by atoms with van der Waals surface area (Å²) < 4.78 is 5.06. The summed E-state index contributed by atoms with van der Waals surface area (Å²) in [4.78, 5) is 14.0. The summed E-state index contributed by atoms with van der Waals surface area (Å²) in [7, 11) is 0. The molecule has 5 nitrogen and oxygen atoms in total. The summed E-state index contributed by atoms with van der Waals surface area (Å²) in [6.45, 7) is 2.05. The van der Waals surface area contributed by atoms with Crippen LogP contribution >= 0.6 is 0 Å². The Morgan fingerprint density at radius 1 is 1.50 bits per heavy atom. The molecule has 0 spiro atoms. The first-order valence-corrected chi connectivity index (χ1v) is 4.95. The molecule has 0 saturated carbocycles. The van der Waals surface area contributed by atoms with Gasteiger partial charge in [0.05, 0.1) is 5.92 Å². The highest BCUT2D eigenvalue weighted by molar-refractivity contribution is 5.72. The van der Waals surface area contributed by atoms with E-state index in [0.717, 1.165) is 5.56 Å². The van der Waals surface area contributed by atoms with Crippen molar-refractivity contribution in [2.45, 2.75) is 13.5 Å². The maximum atomic E-state index is 11.4. The number of carbonyl (C=O) groups is 1. The van der Waals surface area contributed by atoms with Crippen molar-refractivity contribution in [2.24, 2.45) is 11.0 Å². The smallest absolute Gasteiger partial charge is 0.309 e. The van der Waals surface area contributed by atoms with E-state index < -0.39 is 5.92 Å². The van der Waals surface area contributed by atoms with Gasteiger partial charge in [-0.15, -0.1) is 0 Å². The van der Waals surface area contributed by atoms with Gasteiger partial charge in [-0.3, -0.25) is 4.79 Å². The van der Waals surface area contributed by atoms with Gasteiger partial charge in [0.1, 0.15) is 6.61 Å². The van der Waals surface area contributed by atoms with Gasteiger partial charge in [0.15, 0.2) is 0 Å². The first-order chi connectivity index (χ1) is 7.74. The molecule has 0 aliphatic rings. The van der Waals surface area contributed by atoms with Crippen LogP contribution in [0.15, 0.2) is 35.4 Å². The molecule has 84 valence electrons. The zero-order valence-electron chi connectivity index (χ0n) is 9.04. The van der Waals surface area contributed by atoms with Crippen LogP contribution in [-0.2, 0) is 16.1 Å². The number of benzene rings is 1. The summed E-state index contributed by atoms with van der Waals surface area (Å²) in [6, 6.07) is 9.42. The van der Waals surface area contributed by atoms with Crippen molar-refractivity contribution in [3.05, 3.63) is 46.3 Å². The van der Waals surface area contributed by atoms with Crippen LogP contribution in [0.2, 0.25) is 0 Å². The maximum absolute atomic E-state index is 11.4. The number of azide groups is 1. The van der Waals surface area contributed by atoms with Gasteiger partial charge in [-0.25, -0.2) is 0 Å². The van der Waals surface area contributed by atoms with Gasteiger partial charge in [0.2, 0.25) is 0 Å². The number of nitrogens with zero attached hydrogens (tertiary/aromatic N) is 3. The summed E-state index contributed by atoms with van der Waals surface area (Å²) >= 11 is 0. The van der Waals surface area contributed by atoms with E-state index in [4.69, 9.17) is 10.3 Å². The van der Waals surface area contributed by atoms with Crippen LogP contribution in [0.25, 0.3) is 10.4 Å². The van der Waals surface area contributed by atoms with E-state index in [0.29, 0.717) is 0 Å². The molecule has 0 N–H and O–H groups in total. The van der Waals surface area contributed by atoms with Crippen LogP contribution < -0.4 is 0 Å². The first kappa shape index (κ1) is 12.1. The van der Waals surface area contributed by atoms with Crippen molar-refractivity contribution < 1.29 is 9.53 Å². The zero-order chi connectivity index (χ0) is 11.8. The Morgan fingerprint density at radius 3 is 2.81 bits per heavy atom. The highest BCUT2D eigenvalue weighted by atomic mass is 16.5.